The third-order valence-corrected chi connectivity index (χ3v) is 3.47. The van der Waals surface area contributed by atoms with Gasteiger partial charge in [0.25, 0.3) is 0 Å². The quantitative estimate of drug-likeness (QED) is 0.688. The van der Waals surface area contributed by atoms with Crippen LogP contribution in [0.4, 0.5) is 0 Å². The first-order valence-corrected chi connectivity index (χ1v) is 8.07. The van der Waals surface area contributed by atoms with E-state index in [1.54, 1.807) is 0 Å². The van der Waals surface area contributed by atoms with Crippen LogP contribution in [0.3, 0.4) is 0 Å². The van der Waals surface area contributed by atoms with Gasteiger partial charge in [-0.05, 0) is 11.1 Å². The molecule has 132 valence electrons. The highest BCUT2D eigenvalue weighted by Crippen LogP contribution is 2.24. The second-order valence-corrected chi connectivity index (χ2v) is 5.59. The minimum Gasteiger partial charge on any atom is -0.456 e. The average Bonchev–Trinajstić information content (AvgIpc) is 2.60. The van der Waals surface area contributed by atoms with Gasteiger partial charge in [0.2, 0.25) is 0 Å². The Kier molecular flexibility index (Phi) is 7.16. The van der Waals surface area contributed by atoms with Crippen LogP contribution in [-0.2, 0) is 30.4 Å². The molecule has 0 aromatic heterocycles. The Balaban J connectivity index is 2.11. The van der Waals surface area contributed by atoms with Crippen LogP contribution in [0.15, 0.2) is 60.7 Å². The van der Waals surface area contributed by atoms with Crippen LogP contribution in [0.25, 0.3) is 0 Å². The third-order valence-electron chi connectivity index (χ3n) is 3.47. The molecule has 0 spiro atoms. The molecule has 0 N–H and O–H groups in total. The molecule has 0 bridgehead atoms. The molecule has 2 atom stereocenters. The van der Waals surface area contributed by atoms with E-state index < -0.39 is 24.1 Å². The van der Waals surface area contributed by atoms with Crippen molar-refractivity contribution < 1.29 is 23.8 Å². The standard InChI is InChI=1S/C20H22O5/c1-15(21)24-19(14-23-13-17-9-5-3-6-10-17)20(25-16(2)22)18-11-7-4-8-12-18/h3-12,19-20H,13-14H2,1-2H3/t19-,20-/m0/s1. The largest absolute Gasteiger partial charge is 0.456 e. The molecule has 0 unspecified atom stereocenters. The van der Waals surface area contributed by atoms with Crippen LogP contribution in [0, 0.1) is 0 Å². The van der Waals surface area contributed by atoms with Gasteiger partial charge in [-0.3, -0.25) is 9.59 Å². The van der Waals surface area contributed by atoms with Crippen LogP contribution >= 0.6 is 0 Å². The molecule has 5 heteroatoms. The van der Waals surface area contributed by atoms with E-state index in [1.165, 1.54) is 13.8 Å². The van der Waals surface area contributed by atoms with Crippen molar-refractivity contribution in [3.63, 3.8) is 0 Å². The van der Waals surface area contributed by atoms with Gasteiger partial charge in [-0.15, -0.1) is 0 Å². The maximum absolute atomic E-state index is 11.5. The Morgan fingerprint density at radius 2 is 1.40 bits per heavy atom. The van der Waals surface area contributed by atoms with E-state index in [1.807, 2.05) is 60.7 Å². The molecule has 0 radical (unpaired) electrons. The molecule has 0 fully saturated rings. The summed E-state index contributed by atoms with van der Waals surface area (Å²) in [6.45, 7) is 3.13. The Morgan fingerprint density at radius 1 is 0.840 bits per heavy atom. The maximum atomic E-state index is 11.5. The fourth-order valence-corrected chi connectivity index (χ4v) is 2.44. The van der Waals surface area contributed by atoms with Crippen LogP contribution < -0.4 is 0 Å². The summed E-state index contributed by atoms with van der Waals surface area (Å²) in [4.78, 5) is 23.0. The minimum absolute atomic E-state index is 0.112. The highest BCUT2D eigenvalue weighted by Gasteiger charge is 2.29. The topological polar surface area (TPSA) is 61.8 Å². The fourth-order valence-electron chi connectivity index (χ4n) is 2.44. The molecule has 2 aromatic rings. The summed E-state index contributed by atoms with van der Waals surface area (Å²) in [7, 11) is 0. The molecule has 0 amide bonds. The summed E-state index contributed by atoms with van der Waals surface area (Å²) < 4.78 is 16.5. The van der Waals surface area contributed by atoms with Gasteiger partial charge in [0, 0.05) is 13.8 Å². The molecule has 0 aliphatic carbocycles. The number of hydrogen-bond donors (Lipinski definition) is 0. The highest BCUT2D eigenvalue weighted by atomic mass is 16.6. The molecule has 0 heterocycles. The summed E-state index contributed by atoms with van der Waals surface area (Å²) in [5.41, 5.74) is 1.75. The first-order valence-electron chi connectivity index (χ1n) is 8.07. The number of carbonyl (C=O) groups excluding carboxylic acids is 2. The van der Waals surface area contributed by atoms with Gasteiger partial charge < -0.3 is 14.2 Å². The number of rotatable bonds is 8. The van der Waals surface area contributed by atoms with Crippen molar-refractivity contribution in [2.75, 3.05) is 6.61 Å². The molecule has 2 aromatic carbocycles. The predicted molar refractivity (Wildman–Crippen MR) is 92.6 cm³/mol. The SMILES string of the molecule is CC(=O)O[C@@H](COCc1ccccc1)[C@@H](OC(C)=O)c1ccccc1. The van der Waals surface area contributed by atoms with Gasteiger partial charge in [0.05, 0.1) is 13.2 Å². The Hall–Kier alpha value is -2.66. The lowest BCUT2D eigenvalue weighted by Gasteiger charge is -2.26. The lowest BCUT2D eigenvalue weighted by molar-refractivity contribution is -0.171. The molecule has 5 nitrogen and oxygen atoms in total. The zero-order chi connectivity index (χ0) is 18.1. The number of hydrogen-bond acceptors (Lipinski definition) is 5. The van der Waals surface area contributed by atoms with Gasteiger partial charge >= 0.3 is 11.9 Å². The second kappa shape index (κ2) is 9.59. The fraction of sp³-hybridized carbons (Fsp3) is 0.300. The van der Waals surface area contributed by atoms with Crippen molar-refractivity contribution in [3.8, 4) is 0 Å². The smallest absolute Gasteiger partial charge is 0.303 e. The molecule has 0 saturated carbocycles. The van der Waals surface area contributed by atoms with E-state index >= 15 is 0 Å². The van der Waals surface area contributed by atoms with Crippen LogP contribution in [0.1, 0.15) is 31.1 Å². The van der Waals surface area contributed by atoms with Crippen LogP contribution in [-0.4, -0.2) is 24.6 Å². The van der Waals surface area contributed by atoms with E-state index in [2.05, 4.69) is 0 Å². The lowest BCUT2D eigenvalue weighted by Crippen LogP contribution is -2.32. The van der Waals surface area contributed by atoms with Gasteiger partial charge in [-0.1, -0.05) is 60.7 Å². The number of ether oxygens (including phenoxy) is 3. The molecule has 0 aliphatic heterocycles. The van der Waals surface area contributed by atoms with E-state index in [-0.39, 0.29) is 6.61 Å². The maximum Gasteiger partial charge on any atom is 0.303 e. The first kappa shape index (κ1) is 18.7. The molecular weight excluding hydrogens is 320 g/mol. The van der Waals surface area contributed by atoms with Crippen molar-refractivity contribution in [2.24, 2.45) is 0 Å². The second-order valence-electron chi connectivity index (χ2n) is 5.59. The lowest BCUT2D eigenvalue weighted by atomic mass is 10.0. The first-order chi connectivity index (χ1) is 12.1. The van der Waals surface area contributed by atoms with Crippen molar-refractivity contribution in [2.45, 2.75) is 32.7 Å². The Labute approximate surface area is 147 Å². The summed E-state index contributed by atoms with van der Waals surface area (Å²) in [5, 5.41) is 0. The summed E-state index contributed by atoms with van der Waals surface area (Å²) >= 11 is 0. The number of benzene rings is 2. The Bertz CT molecular complexity index is 669. The number of esters is 2. The van der Waals surface area contributed by atoms with E-state index in [0.29, 0.717) is 6.61 Å². The summed E-state index contributed by atoms with van der Waals surface area (Å²) in [5.74, 6) is -0.907. The zero-order valence-electron chi connectivity index (χ0n) is 14.4. The highest BCUT2D eigenvalue weighted by molar-refractivity contribution is 5.67. The van der Waals surface area contributed by atoms with E-state index in [0.717, 1.165) is 11.1 Å². The Morgan fingerprint density at radius 3 is 1.96 bits per heavy atom. The molecule has 0 saturated heterocycles. The van der Waals surface area contributed by atoms with Crippen LogP contribution in [0.5, 0.6) is 0 Å². The molecule has 25 heavy (non-hydrogen) atoms. The van der Waals surface area contributed by atoms with Gasteiger partial charge in [-0.2, -0.15) is 0 Å². The number of carbonyl (C=O) groups is 2. The van der Waals surface area contributed by atoms with E-state index in [4.69, 9.17) is 14.2 Å². The van der Waals surface area contributed by atoms with Crippen molar-refractivity contribution in [3.05, 3.63) is 71.8 Å². The van der Waals surface area contributed by atoms with E-state index in [9.17, 15) is 9.59 Å². The molecule has 2 rings (SSSR count). The van der Waals surface area contributed by atoms with Gasteiger partial charge in [0.1, 0.15) is 0 Å². The van der Waals surface area contributed by atoms with Gasteiger partial charge in [0.15, 0.2) is 12.2 Å². The monoisotopic (exact) mass is 342 g/mol. The van der Waals surface area contributed by atoms with Crippen molar-refractivity contribution in [1.29, 1.82) is 0 Å². The summed E-state index contributed by atoms with van der Waals surface area (Å²) in [6, 6.07) is 18.8. The van der Waals surface area contributed by atoms with Crippen molar-refractivity contribution in [1.82, 2.24) is 0 Å². The average molecular weight is 342 g/mol. The zero-order valence-corrected chi connectivity index (χ0v) is 14.4. The normalized spacial score (nSPS) is 12.9. The molecular formula is C20H22O5. The predicted octanol–water partition coefficient (Wildman–Crippen LogP) is 3.44. The van der Waals surface area contributed by atoms with Crippen LogP contribution in [0.2, 0.25) is 0 Å². The summed E-state index contributed by atoms with van der Waals surface area (Å²) in [6.07, 6.45) is -1.45. The molecule has 0 aliphatic rings. The van der Waals surface area contributed by atoms with Crippen molar-refractivity contribution >= 4 is 11.9 Å². The van der Waals surface area contributed by atoms with Gasteiger partial charge in [-0.25, -0.2) is 0 Å². The minimum atomic E-state index is -0.729. The third kappa shape index (κ3) is 6.39.